The Hall–Kier alpha value is -1.24. The van der Waals surface area contributed by atoms with Crippen LogP contribution in [0.3, 0.4) is 0 Å². The van der Waals surface area contributed by atoms with Crippen LogP contribution in [0, 0.1) is 35.5 Å². The second-order valence-electron chi connectivity index (χ2n) is 9.23. The van der Waals surface area contributed by atoms with Crippen LogP contribution >= 0.6 is 0 Å². The van der Waals surface area contributed by atoms with Crippen molar-refractivity contribution >= 4 is 32.2 Å². The van der Waals surface area contributed by atoms with E-state index in [1.807, 2.05) is 0 Å². The molecular weight excluding hydrogens is 440 g/mol. The minimum absolute atomic E-state index is 0.0128. The molecule has 9 atom stereocenters. The lowest BCUT2D eigenvalue weighted by Gasteiger charge is -2.31. The Morgan fingerprint density at radius 1 is 1.00 bits per heavy atom. The molecule has 0 aromatic carbocycles. The maximum atomic E-state index is 13.1. The molecular formula is C18H24O10S2. The molecule has 4 aliphatic carbocycles. The summed E-state index contributed by atoms with van der Waals surface area (Å²) >= 11 is 0. The third-order valence-electron chi connectivity index (χ3n) is 7.71. The van der Waals surface area contributed by atoms with Crippen molar-refractivity contribution in [2.45, 2.75) is 49.6 Å². The van der Waals surface area contributed by atoms with Crippen LogP contribution in [0.25, 0.3) is 0 Å². The van der Waals surface area contributed by atoms with Crippen molar-refractivity contribution in [3.63, 3.8) is 0 Å². The van der Waals surface area contributed by atoms with Gasteiger partial charge in [0.2, 0.25) is 0 Å². The highest BCUT2D eigenvalue weighted by atomic mass is 32.2. The minimum Gasteiger partial charge on any atom is -0.464 e. The Morgan fingerprint density at radius 3 is 2.33 bits per heavy atom. The van der Waals surface area contributed by atoms with Crippen LogP contribution in [0.2, 0.25) is 0 Å². The first-order chi connectivity index (χ1) is 14.0. The van der Waals surface area contributed by atoms with Gasteiger partial charge in [-0.05, 0) is 43.9 Å². The largest absolute Gasteiger partial charge is 0.464 e. The summed E-state index contributed by atoms with van der Waals surface area (Å²) in [6, 6.07) is 0. The second-order valence-corrected chi connectivity index (χ2v) is 12.6. The summed E-state index contributed by atoms with van der Waals surface area (Å²) in [4.78, 5) is 25.7. The van der Waals surface area contributed by atoms with Crippen molar-refractivity contribution in [1.29, 1.82) is 0 Å². The molecule has 5 fully saturated rings. The average Bonchev–Trinajstić information content (AvgIpc) is 3.41. The van der Waals surface area contributed by atoms with Gasteiger partial charge in [-0.25, -0.2) is 0 Å². The third-order valence-corrected chi connectivity index (χ3v) is 10.2. The number of rotatable bonds is 6. The predicted molar refractivity (Wildman–Crippen MR) is 98.9 cm³/mol. The molecule has 0 spiro atoms. The number of fused-ring (bicyclic) bond motifs is 3. The Morgan fingerprint density at radius 2 is 1.67 bits per heavy atom. The number of esters is 2. The van der Waals surface area contributed by atoms with Gasteiger partial charge in [-0.2, -0.15) is 16.8 Å². The first kappa shape index (κ1) is 20.7. The Balaban J connectivity index is 1.27. The number of carbonyl (C=O) groups excluding carboxylic acids is 2. The summed E-state index contributed by atoms with van der Waals surface area (Å²) in [6.45, 7) is -0.477. The molecule has 1 heterocycles. The molecule has 4 saturated carbocycles. The molecule has 10 nitrogen and oxygen atoms in total. The van der Waals surface area contributed by atoms with Gasteiger partial charge in [0, 0.05) is 11.8 Å². The molecule has 0 aromatic heterocycles. The second kappa shape index (κ2) is 6.88. The monoisotopic (exact) mass is 464 g/mol. The summed E-state index contributed by atoms with van der Waals surface area (Å²) in [6.07, 6.45) is 2.11. The van der Waals surface area contributed by atoms with Crippen LogP contribution in [0.4, 0.5) is 0 Å². The Kier molecular flexibility index (Phi) is 4.73. The summed E-state index contributed by atoms with van der Waals surface area (Å²) in [7, 11) is -7.86. The van der Waals surface area contributed by atoms with E-state index in [9.17, 15) is 26.4 Å². The van der Waals surface area contributed by atoms with E-state index >= 15 is 0 Å². The Labute approximate surface area is 174 Å². The number of carbonyl (C=O) groups is 2. The molecule has 4 bridgehead atoms. The van der Waals surface area contributed by atoms with Crippen LogP contribution in [-0.4, -0.2) is 63.1 Å². The van der Waals surface area contributed by atoms with Crippen LogP contribution in [-0.2, 0) is 43.5 Å². The molecule has 5 rings (SSSR count). The zero-order valence-electron chi connectivity index (χ0n) is 16.1. The van der Waals surface area contributed by atoms with Crippen LogP contribution < -0.4 is 0 Å². The summed E-state index contributed by atoms with van der Waals surface area (Å²) < 4.78 is 70.7. The molecule has 12 heteroatoms. The normalized spacial score (nSPS) is 45.0. The van der Waals surface area contributed by atoms with Crippen LogP contribution in [0.15, 0.2) is 0 Å². The first-order valence-electron chi connectivity index (χ1n) is 10.3. The lowest BCUT2D eigenvalue weighted by atomic mass is 9.79. The molecule has 30 heavy (non-hydrogen) atoms. The van der Waals surface area contributed by atoms with Gasteiger partial charge in [-0.3, -0.25) is 18.3 Å². The predicted octanol–water partition coefficient (Wildman–Crippen LogP) is 0.129. The highest BCUT2D eigenvalue weighted by Crippen LogP contribution is 2.57. The van der Waals surface area contributed by atoms with Gasteiger partial charge in [-0.15, -0.1) is 0 Å². The van der Waals surface area contributed by atoms with Crippen molar-refractivity contribution < 1.29 is 44.6 Å². The summed E-state index contributed by atoms with van der Waals surface area (Å²) in [5, 5.41) is -0.504. The molecule has 168 valence electrons. The van der Waals surface area contributed by atoms with Gasteiger partial charge in [0.05, 0.1) is 17.1 Å². The zero-order chi connectivity index (χ0) is 21.4. The Bertz CT molecular complexity index is 973. The highest BCUT2D eigenvalue weighted by molar-refractivity contribution is 7.87. The molecule has 0 aromatic rings. The SMILES string of the molecule is O=C(OCCS(=O)(=O)O)C1C2CCC(C2)C1C(=O)OC1C2CC3C1OS(=O)(=O)C3C2. The fourth-order valence-corrected chi connectivity index (χ4v) is 8.75. The standard InChI is InChI=1S/C18H24O10S2/c19-17(26-3-4-29(21,22)23)13-8-1-2-9(5-8)14(13)18(20)27-15-10-6-11-12(7-10)30(24,25)28-16(11)15/h8-16H,1-7H2,(H,21,22,23). The molecule has 1 aliphatic heterocycles. The summed E-state index contributed by atoms with van der Waals surface area (Å²) in [5.41, 5.74) is 0. The lowest BCUT2D eigenvalue weighted by Crippen LogP contribution is -2.42. The lowest BCUT2D eigenvalue weighted by molar-refractivity contribution is -0.171. The number of ether oxygens (including phenoxy) is 2. The van der Waals surface area contributed by atoms with Crippen LogP contribution in [0.5, 0.6) is 0 Å². The van der Waals surface area contributed by atoms with E-state index in [0.29, 0.717) is 19.3 Å². The first-order valence-corrected chi connectivity index (χ1v) is 13.4. The maximum absolute atomic E-state index is 13.1. The van der Waals surface area contributed by atoms with Gasteiger partial charge in [-0.1, -0.05) is 0 Å². The smallest absolute Gasteiger partial charge is 0.310 e. The van der Waals surface area contributed by atoms with E-state index in [1.165, 1.54) is 0 Å². The van der Waals surface area contributed by atoms with Crippen molar-refractivity contribution in [3.8, 4) is 0 Å². The molecule has 5 aliphatic rings. The molecule has 1 saturated heterocycles. The van der Waals surface area contributed by atoms with Crippen LogP contribution in [0.1, 0.15) is 32.1 Å². The van der Waals surface area contributed by atoms with E-state index in [0.717, 1.165) is 12.8 Å². The van der Waals surface area contributed by atoms with Gasteiger partial charge in [0.25, 0.3) is 20.2 Å². The highest BCUT2D eigenvalue weighted by Gasteiger charge is 2.66. The third kappa shape index (κ3) is 3.26. The van der Waals surface area contributed by atoms with Gasteiger partial charge in [0.15, 0.2) is 0 Å². The minimum atomic E-state index is -4.25. The average molecular weight is 465 g/mol. The molecule has 1 N–H and O–H groups in total. The van der Waals surface area contributed by atoms with E-state index < -0.39 is 73.8 Å². The summed E-state index contributed by atoms with van der Waals surface area (Å²) in [5.74, 6) is -3.51. The van der Waals surface area contributed by atoms with Crippen molar-refractivity contribution in [1.82, 2.24) is 0 Å². The molecule has 0 amide bonds. The van der Waals surface area contributed by atoms with E-state index in [4.69, 9.17) is 18.2 Å². The molecule has 9 unspecified atom stereocenters. The van der Waals surface area contributed by atoms with Gasteiger partial charge < -0.3 is 9.47 Å². The van der Waals surface area contributed by atoms with Gasteiger partial charge >= 0.3 is 11.9 Å². The maximum Gasteiger partial charge on any atom is 0.310 e. The molecule has 0 radical (unpaired) electrons. The van der Waals surface area contributed by atoms with Crippen molar-refractivity contribution in [2.24, 2.45) is 35.5 Å². The topological polar surface area (TPSA) is 150 Å². The van der Waals surface area contributed by atoms with E-state index in [2.05, 4.69) is 0 Å². The zero-order valence-corrected chi connectivity index (χ0v) is 17.7. The van der Waals surface area contributed by atoms with E-state index in [1.54, 1.807) is 0 Å². The van der Waals surface area contributed by atoms with E-state index in [-0.39, 0.29) is 23.7 Å². The van der Waals surface area contributed by atoms with Crippen molar-refractivity contribution in [3.05, 3.63) is 0 Å². The number of hydrogen-bond acceptors (Lipinski definition) is 9. The number of hydrogen-bond donors (Lipinski definition) is 1. The van der Waals surface area contributed by atoms with Crippen molar-refractivity contribution in [2.75, 3.05) is 12.4 Å². The van der Waals surface area contributed by atoms with Gasteiger partial charge in [0.1, 0.15) is 24.6 Å². The fourth-order valence-electron chi connectivity index (χ4n) is 6.57. The quantitative estimate of drug-likeness (QED) is 0.326. The fraction of sp³-hybridized carbons (Fsp3) is 0.889.